The second-order valence-corrected chi connectivity index (χ2v) is 7.71. The maximum Gasteiger partial charge on any atom is 0.416 e. The van der Waals surface area contributed by atoms with Crippen LogP contribution in [-0.2, 0) is 28.7 Å². The molecule has 166 valence electrons. The largest absolute Gasteiger partial charge is 0.496 e. The van der Waals surface area contributed by atoms with Gasteiger partial charge in [0.05, 0.1) is 19.1 Å². The minimum absolute atomic E-state index is 0.0140. The Labute approximate surface area is 178 Å². The summed E-state index contributed by atoms with van der Waals surface area (Å²) in [6.07, 6.45) is -2.12. The van der Waals surface area contributed by atoms with Crippen molar-refractivity contribution in [2.75, 3.05) is 7.11 Å². The van der Waals surface area contributed by atoms with Gasteiger partial charge in [0.25, 0.3) is 0 Å². The van der Waals surface area contributed by atoms with E-state index in [0.29, 0.717) is 28.0 Å². The summed E-state index contributed by atoms with van der Waals surface area (Å²) in [7, 11) is 1.44. The Morgan fingerprint density at radius 3 is 2.35 bits per heavy atom. The summed E-state index contributed by atoms with van der Waals surface area (Å²) in [6, 6.07) is 8.25. The van der Waals surface area contributed by atoms with Crippen LogP contribution in [0.15, 0.2) is 36.4 Å². The number of carboxylic acids is 1. The van der Waals surface area contributed by atoms with E-state index >= 15 is 0 Å². The Kier molecular flexibility index (Phi) is 6.57. The summed E-state index contributed by atoms with van der Waals surface area (Å²) < 4.78 is 45.6. The zero-order chi connectivity index (χ0) is 22.8. The van der Waals surface area contributed by atoms with Crippen LogP contribution < -0.4 is 4.74 Å². The van der Waals surface area contributed by atoms with Crippen LogP contribution in [-0.4, -0.2) is 35.0 Å². The van der Waals surface area contributed by atoms with Crippen LogP contribution in [0.5, 0.6) is 5.75 Å². The number of carboxylic acid groups (broad SMARTS) is 1. The molecule has 31 heavy (non-hydrogen) atoms. The van der Waals surface area contributed by atoms with Gasteiger partial charge in [0.15, 0.2) is 0 Å². The maximum absolute atomic E-state index is 13.4. The lowest BCUT2D eigenvalue weighted by molar-refractivity contribution is -0.138. The van der Waals surface area contributed by atoms with Crippen molar-refractivity contribution in [2.45, 2.75) is 51.4 Å². The molecule has 1 saturated carbocycles. The number of benzene rings is 2. The number of ether oxygens (including phenoxy) is 1. The highest BCUT2D eigenvalue weighted by atomic mass is 19.4. The fraction of sp³-hybridized carbons (Fsp3) is 0.391. The number of rotatable bonds is 7. The summed E-state index contributed by atoms with van der Waals surface area (Å²) in [5.41, 5.74) is 0.994. The second-order valence-electron chi connectivity index (χ2n) is 7.71. The molecule has 0 spiro atoms. The van der Waals surface area contributed by atoms with E-state index in [9.17, 15) is 22.8 Å². The van der Waals surface area contributed by atoms with Crippen LogP contribution in [0.3, 0.4) is 0 Å². The van der Waals surface area contributed by atoms with E-state index < -0.39 is 17.7 Å². The van der Waals surface area contributed by atoms with Crippen LogP contribution in [0.4, 0.5) is 13.2 Å². The number of aliphatic carboxylic acids is 1. The van der Waals surface area contributed by atoms with Gasteiger partial charge in [0.2, 0.25) is 5.91 Å². The lowest BCUT2D eigenvalue weighted by atomic mass is 9.89. The molecular formula is C23H24F3NO4. The molecule has 1 aliphatic rings. The third-order valence-electron chi connectivity index (χ3n) is 5.60. The number of halogens is 3. The van der Waals surface area contributed by atoms with E-state index in [1.165, 1.54) is 20.1 Å². The molecule has 0 unspecified atom stereocenters. The van der Waals surface area contributed by atoms with Crippen molar-refractivity contribution in [1.29, 1.82) is 0 Å². The van der Waals surface area contributed by atoms with Crippen LogP contribution in [0.25, 0.3) is 11.1 Å². The molecular weight excluding hydrogens is 411 g/mol. The first-order chi connectivity index (χ1) is 14.6. The number of nitrogens with zero attached hydrogens (tertiary/aromatic N) is 1. The van der Waals surface area contributed by atoms with Crippen molar-refractivity contribution >= 4 is 11.9 Å². The Morgan fingerprint density at radius 1 is 1.13 bits per heavy atom. The van der Waals surface area contributed by atoms with E-state index in [-0.39, 0.29) is 24.9 Å². The third-order valence-corrected chi connectivity index (χ3v) is 5.60. The first-order valence-corrected chi connectivity index (χ1v) is 9.96. The fourth-order valence-corrected chi connectivity index (χ4v) is 3.79. The average molecular weight is 435 g/mol. The molecule has 0 heterocycles. The molecule has 2 aromatic carbocycles. The monoisotopic (exact) mass is 435 g/mol. The average Bonchev–Trinajstić information content (AvgIpc) is 2.64. The molecule has 1 amide bonds. The zero-order valence-electron chi connectivity index (χ0n) is 17.3. The molecule has 0 atom stereocenters. The van der Waals surface area contributed by atoms with Gasteiger partial charge in [-0.1, -0.05) is 12.1 Å². The quantitative estimate of drug-likeness (QED) is 0.671. The SMILES string of the molecule is COc1ccc(CC(=O)O)cc1-c1ccc(C(F)(F)F)cc1CN(C(C)=O)C1CCC1. The lowest BCUT2D eigenvalue weighted by Gasteiger charge is -2.37. The van der Waals surface area contributed by atoms with E-state index in [0.717, 1.165) is 31.4 Å². The lowest BCUT2D eigenvalue weighted by Crippen LogP contribution is -2.42. The molecule has 3 rings (SSSR count). The highest BCUT2D eigenvalue weighted by Crippen LogP contribution is 2.38. The van der Waals surface area contributed by atoms with E-state index in [1.54, 1.807) is 23.1 Å². The van der Waals surface area contributed by atoms with Crippen LogP contribution in [0, 0.1) is 0 Å². The van der Waals surface area contributed by atoms with Gasteiger partial charge in [-0.25, -0.2) is 0 Å². The highest BCUT2D eigenvalue weighted by molar-refractivity contribution is 5.78. The highest BCUT2D eigenvalue weighted by Gasteiger charge is 2.33. The topological polar surface area (TPSA) is 66.8 Å². The summed E-state index contributed by atoms with van der Waals surface area (Å²) >= 11 is 0. The minimum Gasteiger partial charge on any atom is -0.496 e. The smallest absolute Gasteiger partial charge is 0.416 e. The number of methoxy groups -OCH3 is 1. The molecule has 0 bridgehead atoms. The minimum atomic E-state index is -4.53. The number of carbonyl (C=O) groups excluding carboxylic acids is 1. The van der Waals surface area contributed by atoms with Gasteiger partial charge >= 0.3 is 12.1 Å². The molecule has 5 nitrogen and oxygen atoms in total. The van der Waals surface area contributed by atoms with Crippen LogP contribution >= 0.6 is 0 Å². The van der Waals surface area contributed by atoms with Crippen LogP contribution in [0.2, 0.25) is 0 Å². The standard InChI is InChI=1S/C23H24F3NO4/c1-14(28)27(18-4-3-5-18)13-16-12-17(23(24,25)26)7-8-19(16)20-10-15(11-22(29)30)6-9-21(20)31-2/h6-10,12,18H,3-5,11,13H2,1-2H3,(H,29,30). The fourth-order valence-electron chi connectivity index (χ4n) is 3.79. The number of hydrogen-bond donors (Lipinski definition) is 1. The predicted molar refractivity (Wildman–Crippen MR) is 109 cm³/mol. The predicted octanol–water partition coefficient (Wildman–Crippen LogP) is 4.91. The van der Waals surface area contributed by atoms with Crippen molar-refractivity contribution in [3.05, 3.63) is 53.1 Å². The second kappa shape index (κ2) is 8.99. The number of hydrogen-bond acceptors (Lipinski definition) is 3. The molecule has 0 radical (unpaired) electrons. The molecule has 0 saturated heterocycles. The van der Waals surface area contributed by atoms with E-state index in [2.05, 4.69) is 0 Å². The van der Waals surface area contributed by atoms with Crippen LogP contribution in [0.1, 0.15) is 42.9 Å². The Bertz CT molecular complexity index is 983. The first-order valence-electron chi connectivity index (χ1n) is 9.96. The van der Waals surface area contributed by atoms with Gasteiger partial charge in [0, 0.05) is 25.1 Å². The molecule has 0 aliphatic heterocycles. The van der Waals surface area contributed by atoms with E-state index in [1.807, 2.05) is 0 Å². The number of amides is 1. The Morgan fingerprint density at radius 2 is 1.84 bits per heavy atom. The summed E-state index contributed by atoms with van der Waals surface area (Å²) in [6.45, 7) is 1.45. The summed E-state index contributed by atoms with van der Waals surface area (Å²) in [4.78, 5) is 25.0. The molecule has 1 aliphatic carbocycles. The summed E-state index contributed by atoms with van der Waals surface area (Å²) in [5.74, 6) is -0.802. The molecule has 8 heteroatoms. The van der Waals surface area contributed by atoms with Gasteiger partial charge in [-0.05, 0) is 60.2 Å². The Balaban J connectivity index is 2.13. The van der Waals surface area contributed by atoms with Gasteiger partial charge in [-0.15, -0.1) is 0 Å². The van der Waals surface area contributed by atoms with Crippen molar-refractivity contribution in [3.8, 4) is 16.9 Å². The van der Waals surface area contributed by atoms with Gasteiger partial charge < -0.3 is 14.7 Å². The van der Waals surface area contributed by atoms with Crippen molar-refractivity contribution in [3.63, 3.8) is 0 Å². The normalized spacial score (nSPS) is 14.1. The number of carbonyl (C=O) groups is 2. The van der Waals surface area contributed by atoms with Crippen molar-refractivity contribution in [1.82, 2.24) is 4.90 Å². The number of alkyl halides is 3. The molecule has 2 aromatic rings. The van der Waals surface area contributed by atoms with Gasteiger partial charge in [-0.3, -0.25) is 9.59 Å². The van der Waals surface area contributed by atoms with Crippen molar-refractivity contribution in [2.24, 2.45) is 0 Å². The molecule has 0 aromatic heterocycles. The zero-order valence-corrected chi connectivity index (χ0v) is 17.3. The van der Waals surface area contributed by atoms with Gasteiger partial charge in [0.1, 0.15) is 5.75 Å². The maximum atomic E-state index is 13.4. The summed E-state index contributed by atoms with van der Waals surface area (Å²) in [5, 5.41) is 9.11. The molecule has 1 fully saturated rings. The van der Waals surface area contributed by atoms with Crippen molar-refractivity contribution < 1.29 is 32.6 Å². The first kappa shape index (κ1) is 22.7. The van der Waals surface area contributed by atoms with E-state index in [4.69, 9.17) is 9.84 Å². The Hall–Kier alpha value is -3.03. The van der Waals surface area contributed by atoms with Gasteiger partial charge in [-0.2, -0.15) is 13.2 Å². The third kappa shape index (κ3) is 5.18. The molecule has 1 N–H and O–H groups in total.